The van der Waals surface area contributed by atoms with Crippen molar-refractivity contribution in [3.8, 4) is 0 Å². The summed E-state index contributed by atoms with van der Waals surface area (Å²) in [6.07, 6.45) is 0.953. The summed E-state index contributed by atoms with van der Waals surface area (Å²) in [6.45, 7) is 6.23. The molecule has 160 valence electrons. The molecule has 0 fully saturated rings. The van der Waals surface area contributed by atoms with Gasteiger partial charge in [-0.15, -0.1) is 24.0 Å². The van der Waals surface area contributed by atoms with E-state index in [4.69, 9.17) is 14.5 Å². The number of nitrogens with one attached hydrogen (secondary N) is 2. The Labute approximate surface area is 192 Å². The molecule has 0 bridgehead atoms. The SMILES string of the molecule is CCNC(=NCCC(c1ccccc1)c1ccccc1)NCCOCCOC.I. The van der Waals surface area contributed by atoms with Crippen LogP contribution >= 0.6 is 24.0 Å². The van der Waals surface area contributed by atoms with Gasteiger partial charge in [-0.25, -0.2) is 0 Å². The van der Waals surface area contributed by atoms with Crippen LogP contribution in [0.2, 0.25) is 0 Å². The molecule has 0 saturated heterocycles. The van der Waals surface area contributed by atoms with Crippen LogP contribution in [0.15, 0.2) is 65.7 Å². The molecule has 6 heteroatoms. The van der Waals surface area contributed by atoms with E-state index in [9.17, 15) is 0 Å². The topological polar surface area (TPSA) is 54.9 Å². The van der Waals surface area contributed by atoms with Crippen LogP contribution in [0.25, 0.3) is 0 Å². The van der Waals surface area contributed by atoms with Crippen LogP contribution in [0.3, 0.4) is 0 Å². The molecule has 29 heavy (non-hydrogen) atoms. The van der Waals surface area contributed by atoms with Gasteiger partial charge in [0.25, 0.3) is 0 Å². The van der Waals surface area contributed by atoms with Gasteiger partial charge in [0.15, 0.2) is 5.96 Å². The molecule has 0 amide bonds. The van der Waals surface area contributed by atoms with E-state index in [1.807, 2.05) is 0 Å². The molecule has 2 aromatic carbocycles. The molecule has 0 saturated carbocycles. The maximum Gasteiger partial charge on any atom is 0.191 e. The number of rotatable bonds is 12. The highest BCUT2D eigenvalue weighted by atomic mass is 127. The van der Waals surface area contributed by atoms with Gasteiger partial charge in [-0.2, -0.15) is 0 Å². The molecule has 0 aliphatic rings. The summed E-state index contributed by atoms with van der Waals surface area (Å²) in [5.41, 5.74) is 2.65. The summed E-state index contributed by atoms with van der Waals surface area (Å²) in [5, 5.41) is 6.62. The Morgan fingerprint density at radius 1 is 0.897 bits per heavy atom. The molecule has 0 aliphatic heterocycles. The number of halogens is 1. The molecule has 0 radical (unpaired) electrons. The molecule has 2 rings (SSSR count). The summed E-state index contributed by atoms with van der Waals surface area (Å²) in [6, 6.07) is 21.3. The molecule has 0 aromatic heterocycles. The molecule has 0 unspecified atom stereocenters. The fourth-order valence-electron chi connectivity index (χ4n) is 3.03. The lowest BCUT2D eigenvalue weighted by Crippen LogP contribution is -2.39. The first kappa shape index (κ1) is 25.4. The molecule has 0 heterocycles. The highest BCUT2D eigenvalue weighted by Gasteiger charge is 2.13. The highest BCUT2D eigenvalue weighted by Crippen LogP contribution is 2.27. The van der Waals surface area contributed by atoms with Crippen molar-refractivity contribution in [2.24, 2.45) is 4.99 Å². The molecule has 5 nitrogen and oxygen atoms in total. The lowest BCUT2D eigenvalue weighted by atomic mass is 9.89. The van der Waals surface area contributed by atoms with Crippen molar-refractivity contribution in [2.75, 3.05) is 46.6 Å². The van der Waals surface area contributed by atoms with E-state index in [1.54, 1.807) is 7.11 Å². The Morgan fingerprint density at radius 3 is 2.07 bits per heavy atom. The van der Waals surface area contributed by atoms with E-state index >= 15 is 0 Å². The van der Waals surface area contributed by atoms with Gasteiger partial charge < -0.3 is 20.1 Å². The first-order chi connectivity index (χ1) is 13.8. The number of nitrogens with zero attached hydrogens (tertiary/aromatic N) is 1. The largest absolute Gasteiger partial charge is 0.382 e. The van der Waals surface area contributed by atoms with Gasteiger partial charge in [-0.1, -0.05) is 60.7 Å². The van der Waals surface area contributed by atoms with Crippen molar-refractivity contribution in [1.29, 1.82) is 0 Å². The van der Waals surface area contributed by atoms with Gasteiger partial charge in [0, 0.05) is 32.7 Å². The van der Waals surface area contributed by atoms with Crippen molar-refractivity contribution in [3.63, 3.8) is 0 Å². The molecular formula is C23H34IN3O2. The summed E-state index contributed by atoms with van der Waals surface area (Å²) < 4.78 is 10.5. The average molecular weight is 511 g/mol. The second kappa shape index (κ2) is 16.2. The average Bonchev–Trinajstić information content (AvgIpc) is 2.75. The number of guanidine groups is 1. The minimum atomic E-state index is 0. The Hall–Kier alpha value is -1.64. The van der Waals surface area contributed by atoms with Crippen molar-refractivity contribution in [1.82, 2.24) is 10.6 Å². The van der Waals surface area contributed by atoms with Gasteiger partial charge in [0.2, 0.25) is 0 Å². The maximum absolute atomic E-state index is 5.49. The summed E-state index contributed by atoms with van der Waals surface area (Å²) in [5.74, 6) is 1.17. The van der Waals surface area contributed by atoms with E-state index in [0.29, 0.717) is 25.7 Å². The lowest BCUT2D eigenvalue weighted by molar-refractivity contribution is 0.0733. The third-order valence-electron chi connectivity index (χ3n) is 4.41. The number of hydrogen-bond acceptors (Lipinski definition) is 3. The molecule has 2 aromatic rings. The van der Waals surface area contributed by atoms with Crippen LogP contribution in [0.1, 0.15) is 30.4 Å². The van der Waals surface area contributed by atoms with E-state index in [0.717, 1.165) is 32.0 Å². The van der Waals surface area contributed by atoms with E-state index in [1.165, 1.54) is 11.1 Å². The second-order valence-electron chi connectivity index (χ2n) is 6.46. The van der Waals surface area contributed by atoms with Crippen molar-refractivity contribution in [3.05, 3.63) is 71.8 Å². The molecule has 0 atom stereocenters. The van der Waals surface area contributed by atoms with Crippen LogP contribution in [0.4, 0.5) is 0 Å². The minimum absolute atomic E-state index is 0. The van der Waals surface area contributed by atoms with Crippen molar-refractivity contribution in [2.45, 2.75) is 19.3 Å². The van der Waals surface area contributed by atoms with Crippen LogP contribution in [-0.2, 0) is 9.47 Å². The van der Waals surface area contributed by atoms with Gasteiger partial charge in [0.1, 0.15) is 0 Å². The first-order valence-corrected chi connectivity index (χ1v) is 10.0. The Bertz CT molecular complexity index is 629. The van der Waals surface area contributed by atoms with Crippen LogP contribution < -0.4 is 10.6 Å². The first-order valence-electron chi connectivity index (χ1n) is 10.0. The lowest BCUT2D eigenvalue weighted by Gasteiger charge is -2.18. The predicted molar refractivity (Wildman–Crippen MR) is 131 cm³/mol. The summed E-state index contributed by atoms with van der Waals surface area (Å²) in [7, 11) is 1.68. The Morgan fingerprint density at radius 2 is 1.52 bits per heavy atom. The molecular weight excluding hydrogens is 477 g/mol. The standard InChI is InChI=1S/C23H33N3O2.HI/c1-3-24-23(26-16-17-28-19-18-27-2)25-15-14-22(20-10-6-4-7-11-20)21-12-8-5-9-13-21;/h4-13,22H,3,14-19H2,1-2H3,(H2,24,25,26);1H. The smallest absolute Gasteiger partial charge is 0.191 e. The van der Waals surface area contributed by atoms with Crippen LogP contribution in [0.5, 0.6) is 0 Å². The minimum Gasteiger partial charge on any atom is -0.382 e. The third-order valence-corrected chi connectivity index (χ3v) is 4.41. The summed E-state index contributed by atoms with van der Waals surface area (Å²) >= 11 is 0. The Balaban J connectivity index is 0.00000420. The van der Waals surface area contributed by atoms with Crippen LogP contribution in [-0.4, -0.2) is 52.5 Å². The number of methoxy groups -OCH3 is 1. The number of benzene rings is 2. The quantitative estimate of drug-likeness (QED) is 0.196. The Kier molecular flexibility index (Phi) is 14.2. The van der Waals surface area contributed by atoms with E-state index in [-0.39, 0.29) is 24.0 Å². The van der Waals surface area contributed by atoms with E-state index < -0.39 is 0 Å². The van der Waals surface area contributed by atoms with E-state index in [2.05, 4.69) is 78.2 Å². The van der Waals surface area contributed by atoms with Crippen LogP contribution in [0, 0.1) is 0 Å². The zero-order chi connectivity index (χ0) is 19.9. The van der Waals surface area contributed by atoms with Gasteiger partial charge in [-0.3, -0.25) is 4.99 Å². The fourth-order valence-corrected chi connectivity index (χ4v) is 3.03. The maximum atomic E-state index is 5.49. The van der Waals surface area contributed by atoms with Gasteiger partial charge >= 0.3 is 0 Å². The summed E-state index contributed by atoms with van der Waals surface area (Å²) in [4.78, 5) is 4.75. The monoisotopic (exact) mass is 511 g/mol. The number of aliphatic imine (C=N–C) groups is 1. The zero-order valence-corrected chi connectivity index (χ0v) is 19.8. The fraction of sp³-hybridized carbons (Fsp3) is 0.435. The highest BCUT2D eigenvalue weighted by molar-refractivity contribution is 14.0. The zero-order valence-electron chi connectivity index (χ0n) is 17.5. The predicted octanol–water partition coefficient (Wildman–Crippen LogP) is 4.04. The van der Waals surface area contributed by atoms with Gasteiger partial charge in [-0.05, 0) is 24.5 Å². The second-order valence-corrected chi connectivity index (χ2v) is 6.46. The van der Waals surface area contributed by atoms with Gasteiger partial charge in [0.05, 0.1) is 19.8 Å². The molecule has 2 N–H and O–H groups in total. The third kappa shape index (κ3) is 10.1. The van der Waals surface area contributed by atoms with Crippen molar-refractivity contribution >= 4 is 29.9 Å². The normalized spacial score (nSPS) is 11.2. The number of ether oxygens (including phenoxy) is 2. The van der Waals surface area contributed by atoms with Crippen molar-refractivity contribution < 1.29 is 9.47 Å². The molecule has 0 spiro atoms. The molecule has 0 aliphatic carbocycles. The number of hydrogen-bond donors (Lipinski definition) is 2.